The third-order valence-electron chi connectivity index (χ3n) is 5.58. The van der Waals surface area contributed by atoms with E-state index in [-0.39, 0.29) is 23.9 Å². The van der Waals surface area contributed by atoms with Crippen molar-refractivity contribution in [2.24, 2.45) is 5.92 Å². The summed E-state index contributed by atoms with van der Waals surface area (Å²) in [6.07, 6.45) is 4.55. The van der Waals surface area contributed by atoms with Crippen molar-refractivity contribution in [1.82, 2.24) is 19.9 Å². The molecule has 2 atom stereocenters. The first kappa shape index (κ1) is 15.4. The second kappa shape index (κ2) is 5.58. The highest BCUT2D eigenvalue weighted by Gasteiger charge is 2.43. The van der Waals surface area contributed by atoms with Gasteiger partial charge < -0.3 is 15.0 Å². The average molecular weight is 356 g/mol. The first-order valence-electron chi connectivity index (χ1n) is 9.02. The summed E-state index contributed by atoms with van der Waals surface area (Å²) in [6, 6.07) is 1.89. The van der Waals surface area contributed by atoms with Crippen LogP contribution in [0.4, 0.5) is 16.6 Å². The zero-order chi connectivity index (χ0) is 17.8. The number of nitrogens with one attached hydrogen (secondary N) is 2. The number of H-pyrrole nitrogens is 1. The van der Waals surface area contributed by atoms with E-state index in [4.69, 9.17) is 0 Å². The maximum atomic E-state index is 12.1. The third-order valence-corrected chi connectivity index (χ3v) is 5.58. The van der Waals surface area contributed by atoms with Gasteiger partial charge in [0, 0.05) is 25.2 Å². The Kier molecular flexibility index (Phi) is 3.31. The van der Waals surface area contributed by atoms with Gasteiger partial charge in [-0.15, -0.1) is 0 Å². The molecule has 1 saturated carbocycles. The van der Waals surface area contributed by atoms with Gasteiger partial charge in [-0.25, -0.2) is 4.79 Å². The van der Waals surface area contributed by atoms with Crippen molar-refractivity contribution in [3.63, 3.8) is 0 Å². The lowest BCUT2D eigenvalue weighted by Crippen LogP contribution is -2.55. The second-order valence-corrected chi connectivity index (χ2v) is 7.35. The molecule has 2 aromatic heterocycles. The lowest BCUT2D eigenvalue weighted by molar-refractivity contribution is -0.117. The number of anilines is 2. The van der Waals surface area contributed by atoms with Gasteiger partial charge in [0.15, 0.2) is 0 Å². The Morgan fingerprint density at radius 1 is 1.15 bits per heavy atom. The number of aromatic nitrogens is 3. The van der Waals surface area contributed by atoms with E-state index in [0.717, 1.165) is 36.9 Å². The van der Waals surface area contributed by atoms with Gasteiger partial charge in [-0.3, -0.25) is 15.0 Å². The molecular weight excluding hydrogens is 336 g/mol. The molecule has 0 aromatic carbocycles. The second-order valence-electron chi connectivity index (χ2n) is 7.35. The maximum Gasteiger partial charge on any atom is 0.407 e. The molecule has 4 heterocycles. The largest absolute Gasteiger partial charge is 0.465 e. The van der Waals surface area contributed by atoms with E-state index in [1.54, 1.807) is 11.1 Å². The van der Waals surface area contributed by atoms with E-state index in [2.05, 4.69) is 25.2 Å². The standard InChI is InChI=1S/C17H20N6O3/c24-15(9-1-2-9)21-16-19-13-12(5-6-18-13)14(20-16)22-7-10-3-4-11(8-22)23(10)17(25)26/h5-6,9-11H,1-4,7-8H2,(H,25,26)(H2,18,19,20,21,24). The Bertz CT molecular complexity index is 878. The average Bonchev–Trinajstić information content (AvgIpc) is 3.30. The molecule has 2 aliphatic heterocycles. The van der Waals surface area contributed by atoms with Gasteiger partial charge in [-0.1, -0.05) is 0 Å². The number of nitrogens with zero attached hydrogens (tertiary/aromatic N) is 4. The quantitative estimate of drug-likeness (QED) is 0.770. The Morgan fingerprint density at radius 2 is 1.88 bits per heavy atom. The number of aromatic amines is 1. The fourth-order valence-electron chi connectivity index (χ4n) is 4.17. The number of piperazine rings is 1. The summed E-state index contributed by atoms with van der Waals surface area (Å²) >= 11 is 0. The van der Waals surface area contributed by atoms with Crippen LogP contribution in [-0.2, 0) is 4.79 Å². The number of carbonyl (C=O) groups excluding carboxylic acids is 1. The topological polar surface area (TPSA) is 114 Å². The first-order chi connectivity index (χ1) is 12.6. The van der Waals surface area contributed by atoms with Crippen LogP contribution in [0.5, 0.6) is 0 Å². The van der Waals surface area contributed by atoms with Gasteiger partial charge in [0.1, 0.15) is 11.5 Å². The number of hydrogen-bond donors (Lipinski definition) is 3. The maximum absolute atomic E-state index is 12.1. The number of hydrogen-bond acceptors (Lipinski definition) is 5. The van der Waals surface area contributed by atoms with Gasteiger partial charge in [0.2, 0.25) is 11.9 Å². The van der Waals surface area contributed by atoms with Crippen molar-refractivity contribution in [3.05, 3.63) is 12.3 Å². The summed E-state index contributed by atoms with van der Waals surface area (Å²) in [4.78, 5) is 39.4. The number of fused-ring (bicyclic) bond motifs is 3. The number of amides is 2. The number of rotatable bonds is 3. The van der Waals surface area contributed by atoms with E-state index >= 15 is 0 Å². The van der Waals surface area contributed by atoms with Crippen LogP contribution in [0.25, 0.3) is 11.0 Å². The molecule has 9 heteroatoms. The van der Waals surface area contributed by atoms with E-state index in [9.17, 15) is 14.7 Å². The van der Waals surface area contributed by atoms with Crippen molar-refractivity contribution in [3.8, 4) is 0 Å². The molecule has 9 nitrogen and oxygen atoms in total. The molecule has 0 radical (unpaired) electrons. The van der Waals surface area contributed by atoms with Crippen LogP contribution in [0.2, 0.25) is 0 Å². The zero-order valence-corrected chi connectivity index (χ0v) is 14.2. The minimum atomic E-state index is -0.844. The predicted octanol–water partition coefficient (Wildman–Crippen LogP) is 1.64. The van der Waals surface area contributed by atoms with Gasteiger partial charge in [0.05, 0.1) is 17.5 Å². The van der Waals surface area contributed by atoms with Crippen molar-refractivity contribution in [2.75, 3.05) is 23.3 Å². The third kappa shape index (κ3) is 2.46. The summed E-state index contributed by atoms with van der Waals surface area (Å²) < 4.78 is 0. The Labute approximate surface area is 149 Å². The molecule has 3 N–H and O–H groups in total. The first-order valence-corrected chi connectivity index (χ1v) is 9.02. The fraction of sp³-hybridized carbons (Fsp3) is 0.529. The minimum absolute atomic E-state index is 0.0142. The van der Waals surface area contributed by atoms with Gasteiger partial charge in [-0.05, 0) is 31.7 Å². The molecule has 5 rings (SSSR count). The SMILES string of the molecule is O=C(Nc1nc(N2CC3CCC(C2)N3C(=O)O)c2cc[nH]c2n1)C1CC1. The lowest BCUT2D eigenvalue weighted by Gasteiger charge is -2.40. The molecule has 2 unspecified atom stereocenters. The van der Waals surface area contributed by atoms with Crippen LogP contribution in [0.1, 0.15) is 25.7 Å². The summed E-state index contributed by atoms with van der Waals surface area (Å²) in [5.41, 5.74) is 0.675. The van der Waals surface area contributed by atoms with Crippen LogP contribution >= 0.6 is 0 Å². The zero-order valence-electron chi connectivity index (χ0n) is 14.2. The van der Waals surface area contributed by atoms with Crippen LogP contribution in [0.3, 0.4) is 0 Å². The van der Waals surface area contributed by atoms with E-state index in [1.165, 1.54) is 0 Å². The van der Waals surface area contributed by atoms with Crippen LogP contribution in [-0.4, -0.2) is 62.1 Å². The molecule has 2 amide bonds. The molecule has 26 heavy (non-hydrogen) atoms. The highest BCUT2D eigenvalue weighted by Crippen LogP contribution is 2.35. The molecule has 3 aliphatic rings. The monoisotopic (exact) mass is 356 g/mol. The van der Waals surface area contributed by atoms with Crippen LogP contribution in [0, 0.1) is 5.92 Å². The summed E-state index contributed by atoms with van der Waals surface area (Å²) in [5.74, 6) is 1.11. The normalized spacial score (nSPS) is 24.9. The molecule has 136 valence electrons. The van der Waals surface area contributed by atoms with Gasteiger partial charge >= 0.3 is 6.09 Å². The van der Waals surface area contributed by atoms with Crippen LogP contribution < -0.4 is 10.2 Å². The molecule has 2 saturated heterocycles. The van der Waals surface area contributed by atoms with E-state index < -0.39 is 6.09 Å². The van der Waals surface area contributed by atoms with Gasteiger partial charge in [-0.2, -0.15) is 9.97 Å². The lowest BCUT2D eigenvalue weighted by atomic mass is 10.2. The van der Waals surface area contributed by atoms with Crippen molar-refractivity contribution < 1.29 is 14.7 Å². The highest BCUT2D eigenvalue weighted by atomic mass is 16.4. The van der Waals surface area contributed by atoms with Crippen LogP contribution in [0.15, 0.2) is 12.3 Å². The van der Waals surface area contributed by atoms with Gasteiger partial charge in [0.25, 0.3) is 0 Å². The Hall–Kier alpha value is -2.84. The Morgan fingerprint density at radius 3 is 2.54 bits per heavy atom. The Balaban J connectivity index is 1.47. The summed E-state index contributed by atoms with van der Waals surface area (Å²) in [5, 5.41) is 13.1. The number of carbonyl (C=O) groups is 2. The molecule has 2 aromatic rings. The van der Waals surface area contributed by atoms with Crippen molar-refractivity contribution >= 4 is 34.8 Å². The van der Waals surface area contributed by atoms with Crippen molar-refractivity contribution in [2.45, 2.75) is 37.8 Å². The van der Waals surface area contributed by atoms with Crippen molar-refractivity contribution in [1.29, 1.82) is 0 Å². The smallest absolute Gasteiger partial charge is 0.407 e. The summed E-state index contributed by atoms with van der Waals surface area (Å²) in [7, 11) is 0. The fourth-order valence-corrected chi connectivity index (χ4v) is 4.17. The van der Waals surface area contributed by atoms with E-state index in [0.29, 0.717) is 24.7 Å². The molecule has 3 fully saturated rings. The number of carboxylic acid groups (broad SMARTS) is 1. The summed E-state index contributed by atoms with van der Waals surface area (Å²) in [6.45, 7) is 1.21. The minimum Gasteiger partial charge on any atom is -0.465 e. The molecule has 0 spiro atoms. The predicted molar refractivity (Wildman–Crippen MR) is 94.1 cm³/mol. The van der Waals surface area contributed by atoms with E-state index in [1.807, 2.05) is 6.07 Å². The molecule has 2 bridgehead atoms. The molecule has 1 aliphatic carbocycles. The highest BCUT2D eigenvalue weighted by molar-refractivity contribution is 5.95. The molecular formula is C17H20N6O3.